The maximum atomic E-state index is 12.5. The van der Waals surface area contributed by atoms with Crippen LogP contribution in [0.25, 0.3) is 0 Å². The van der Waals surface area contributed by atoms with Gasteiger partial charge >= 0.3 is 0 Å². The smallest absolute Gasteiger partial charge is 0.271 e. The zero-order chi connectivity index (χ0) is 19.5. The highest BCUT2D eigenvalue weighted by molar-refractivity contribution is 7.92. The summed E-state index contributed by atoms with van der Waals surface area (Å²) >= 11 is 5.91. The molecule has 0 heterocycles. The number of hydrogen-bond acceptors (Lipinski definition) is 5. The highest BCUT2D eigenvalue weighted by atomic mass is 35.5. The summed E-state index contributed by atoms with van der Waals surface area (Å²) in [4.78, 5) is 22.8. The molecule has 8 nitrogen and oxygen atoms in total. The second kappa shape index (κ2) is 7.71. The summed E-state index contributed by atoms with van der Waals surface area (Å²) in [7, 11) is -3.79. The lowest BCUT2D eigenvalue weighted by molar-refractivity contribution is -0.384. The van der Waals surface area contributed by atoms with Crippen LogP contribution in [-0.2, 0) is 14.8 Å². The van der Waals surface area contributed by atoms with Crippen molar-refractivity contribution in [3.63, 3.8) is 0 Å². The van der Waals surface area contributed by atoms with Crippen LogP contribution in [0.2, 0.25) is 5.02 Å². The molecule has 0 aliphatic heterocycles. The number of amides is 1. The van der Waals surface area contributed by atoms with Crippen molar-refractivity contribution in [3.8, 4) is 0 Å². The van der Waals surface area contributed by atoms with E-state index in [1.807, 2.05) is 0 Å². The topological polar surface area (TPSA) is 110 Å². The fraction of sp³-hybridized carbons (Fsp3) is 0.188. The normalized spacial score (nSPS) is 12.3. The molecule has 2 rings (SSSR count). The Labute approximate surface area is 155 Å². The Bertz CT molecular complexity index is 948. The summed E-state index contributed by atoms with van der Waals surface area (Å²) in [5, 5.41) is 13.6. The minimum absolute atomic E-state index is 0.190. The van der Waals surface area contributed by atoms with E-state index in [0.29, 0.717) is 5.02 Å². The van der Waals surface area contributed by atoms with Gasteiger partial charge in [-0.05, 0) is 31.2 Å². The SMILES string of the molecule is C[C@H](C(=O)Nc1cccc([N+](=O)[O-])c1)N(c1cccc(Cl)c1)S(C)(=O)=O. The number of nitro groups is 1. The van der Waals surface area contributed by atoms with Crippen molar-refractivity contribution in [2.24, 2.45) is 0 Å². The summed E-state index contributed by atoms with van der Waals surface area (Å²) in [6, 6.07) is 10.4. The lowest BCUT2D eigenvalue weighted by Gasteiger charge is -2.28. The second-order valence-electron chi connectivity index (χ2n) is 5.51. The maximum Gasteiger partial charge on any atom is 0.271 e. The van der Waals surface area contributed by atoms with Crippen LogP contribution in [0.1, 0.15) is 6.92 Å². The monoisotopic (exact) mass is 397 g/mol. The molecule has 1 N–H and O–H groups in total. The molecule has 0 aliphatic carbocycles. The molecule has 0 saturated carbocycles. The van der Waals surface area contributed by atoms with Crippen molar-refractivity contribution >= 4 is 44.6 Å². The number of benzene rings is 2. The van der Waals surface area contributed by atoms with Crippen LogP contribution in [0, 0.1) is 10.1 Å². The van der Waals surface area contributed by atoms with E-state index in [1.54, 1.807) is 12.1 Å². The van der Waals surface area contributed by atoms with Crippen LogP contribution in [0.15, 0.2) is 48.5 Å². The predicted molar refractivity (Wildman–Crippen MR) is 100.0 cm³/mol. The summed E-state index contributed by atoms with van der Waals surface area (Å²) in [6.45, 7) is 1.41. The molecule has 2 aromatic rings. The number of non-ortho nitro benzene ring substituents is 1. The Morgan fingerprint density at radius 3 is 2.46 bits per heavy atom. The van der Waals surface area contributed by atoms with Crippen LogP contribution >= 0.6 is 11.6 Å². The number of carbonyl (C=O) groups excluding carboxylic acids is 1. The summed E-state index contributed by atoms with van der Waals surface area (Å²) < 4.78 is 25.3. The Hall–Kier alpha value is -2.65. The van der Waals surface area contributed by atoms with Crippen LogP contribution in [0.4, 0.5) is 17.1 Å². The summed E-state index contributed by atoms with van der Waals surface area (Å²) in [5.74, 6) is -0.643. The summed E-state index contributed by atoms with van der Waals surface area (Å²) in [5.41, 5.74) is 0.238. The van der Waals surface area contributed by atoms with E-state index in [-0.39, 0.29) is 17.1 Å². The highest BCUT2D eigenvalue weighted by Crippen LogP contribution is 2.25. The third kappa shape index (κ3) is 4.70. The van der Waals surface area contributed by atoms with Gasteiger partial charge in [-0.3, -0.25) is 19.2 Å². The molecule has 0 bridgehead atoms. The van der Waals surface area contributed by atoms with Crippen LogP contribution in [0.5, 0.6) is 0 Å². The molecule has 1 atom stereocenters. The lowest BCUT2D eigenvalue weighted by atomic mass is 10.2. The number of sulfonamides is 1. The van der Waals surface area contributed by atoms with Crippen molar-refractivity contribution in [3.05, 3.63) is 63.7 Å². The number of nitrogens with one attached hydrogen (secondary N) is 1. The summed E-state index contributed by atoms with van der Waals surface area (Å²) in [6.07, 6.45) is 0.977. The van der Waals surface area contributed by atoms with Gasteiger partial charge in [0.25, 0.3) is 5.69 Å². The van der Waals surface area contributed by atoms with Crippen molar-refractivity contribution in [2.45, 2.75) is 13.0 Å². The van der Waals surface area contributed by atoms with Crippen LogP contribution in [0.3, 0.4) is 0 Å². The van der Waals surface area contributed by atoms with E-state index < -0.39 is 26.9 Å². The zero-order valence-electron chi connectivity index (χ0n) is 13.9. The second-order valence-corrected chi connectivity index (χ2v) is 7.81. The minimum Gasteiger partial charge on any atom is -0.324 e. The molecule has 0 aromatic heterocycles. The number of hydrogen-bond donors (Lipinski definition) is 1. The van der Waals surface area contributed by atoms with E-state index in [4.69, 9.17) is 11.6 Å². The van der Waals surface area contributed by atoms with Gasteiger partial charge in [-0.2, -0.15) is 0 Å². The number of carbonyl (C=O) groups is 1. The Kier molecular flexibility index (Phi) is 5.83. The van der Waals surface area contributed by atoms with Gasteiger partial charge in [-0.25, -0.2) is 8.42 Å². The van der Waals surface area contributed by atoms with E-state index in [9.17, 15) is 23.3 Å². The van der Waals surface area contributed by atoms with Crippen LogP contribution < -0.4 is 9.62 Å². The molecular formula is C16H16ClN3O5S. The largest absolute Gasteiger partial charge is 0.324 e. The van der Waals surface area contributed by atoms with E-state index in [0.717, 1.165) is 10.6 Å². The lowest BCUT2D eigenvalue weighted by Crippen LogP contribution is -2.45. The van der Waals surface area contributed by atoms with Gasteiger partial charge in [0, 0.05) is 22.8 Å². The predicted octanol–water partition coefficient (Wildman–Crippen LogP) is 3.04. The Morgan fingerprint density at radius 2 is 1.88 bits per heavy atom. The molecule has 0 spiro atoms. The maximum absolute atomic E-state index is 12.5. The number of rotatable bonds is 6. The number of anilines is 2. The average molecular weight is 398 g/mol. The first-order valence-electron chi connectivity index (χ1n) is 7.40. The number of nitrogens with zero attached hydrogens (tertiary/aromatic N) is 2. The molecule has 138 valence electrons. The molecule has 1 amide bonds. The molecule has 0 saturated heterocycles. The van der Waals surface area contributed by atoms with E-state index in [2.05, 4.69) is 5.32 Å². The van der Waals surface area contributed by atoms with Gasteiger partial charge < -0.3 is 5.32 Å². The highest BCUT2D eigenvalue weighted by Gasteiger charge is 2.29. The van der Waals surface area contributed by atoms with Crippen molar-refractivity contribution in [2.75, 3.05) is 15.9 Å². The van der Waals surface area contributed by atoms with Gasteiger partial charge in [-0.1, -0.05) is 23.7 Å². The quantitative estimate of drug-likeness (QED) is 0.595. The average Bonchev–Trinajstić information content (AvgIpc) is 2.53. The van der Waals surface area contributed by atoms with Crippen molar-refractivity contribution in [1.82, 2.24) is 0 Å². The molecule has 0 fully saturated rings. The van der Waals surface area contributed by atoms with Crippen molar-refractivity contribution in [1.29, 1.82) is 0 Å². The Balaban J connectivity index is 2.31. The van der Waals surface area contributed by atoms with Crippen molar-refractivity contribution < 1.29 is 18.1 Å². The fourth-order valence-electron chi connectivity index (χ4n) is 2.37. The van der Waals surface area contributed by atoms with E-state index >= 15 is 0 Å². The van der Waals surface area contributed by atoms with E-state index in [1.165, 1.54) is 43.3 Å². The molecule has 0 radical (unpaired) electrons. The Morgan fingerprint density at radius 1 is 1.23 bits per heavy atom. The van der Waals surface area contributed by atoms with Crippen LogP contribution in [-0.4, -0.2) is 31.5 Å². The van der Waals surface area contributed by atoms with Gasteiger partial charge in [0.15, 0.2) is 0 Å². The first kappa shape index (κ1) is 19.7. The number of nitro benzene ring substituents is 1. The minimum atomic E-state index is -3.79. The third-order valence-corrected chi connectivity index (χ3v) is 4.95. The molecular weight excluding hydrogens is 382 g/mol. The van der Waals surface area contributed by atoms with Gasteiger partial charge in [-0.15, -0.1) is 0 Å². The molecule has 2 aromatic carbocycles. The molecule has 26 heavy (non-hydrogen) atoms. The zero-order valence-corrected chi connectivity index (χ0v) is 15.5. The van der Waals surface area contributed by atoms with Gasteiger partial charge in [0.1, 0.15) is 6.04 Å². The standard InChI is InChI=1S/C16H16ClN3O5S/c1-11(16(21)18-13-6-4-8-15(10-13)20(22)23)19(26(2,24)25)14-7-3-5-12(17)9-14/h3-11H,1-2H3,(H,18,21)/t11-/m1/s1. The fourth-order valence-corrected chi connectivity index (χ4v) is 3.72. The third-order valence-electron chi connectivity index (χ3n) is 3.48. The first-order chi connectivity index (χ1) is 12.1. The first-order valence-corrected chi connectivity index (χ1v) is 9.62. The molecule has 10 heteroatoms. The molecule has 0 unspecified atom stereocenters. The molecule has 0 aliphatic rings. The number of halogens is 1. The van der Waals surface area contributed by atoms with Gasteiger partial charge in [0.2, 0.25) is 15.9 Å². The van der Waals surface area contributed by atoms with Gasteiger partial charge in [0.05, 0.1) is 16.9 Å².